The molecule has 5 nitrogen and oxygen atoms in total. The van der Waals surface area contributed by atoms with Gasteiger partial charge in [0, 0.05) is 25.2 Å². The quantitative estimate of drug-likeness (QED) is 0.936. The van der Waals surface area contributed by atoms with Crippen LogP contribution in [0, 0.1) is 5.92 Å². The molecule has 120 valence electrons. The van der Waals surface area contributed by atoms with Crippen LogP contribution in [0.1, 0.15) is 23.2 Å². The van der Waals surface area contributed by atoms with Crippen molar-refractivity contribution in [1.82, 2.24) is 15.3 Å². The molecule has 1 aliphatic rings. The lowest BCUT2D eigenvalue weighted by atomic mass is 9.96. The predicted octanol–water partition coefficient (Wildman–Crippen LogP) is 2.78. The summed E-state index contributed by atoms with van der Waals surface area (Å²) in [6, 6.07) is 9.32. The van der Waals surface area contributed by atoms with Gasteiger partial charge in [-0.2, -0.15) is 0 Å². The van der Waals surface area contributed by atoms with Crippen molar-refractivity contribution in [1.29, 1.82) is 0 Å². The summed E-state index contributed by atoms with van der Waals surface area (Å²) in [7, 11) is 0. The normalized spacial score (nSPS) is 15.4. The Labute approximate surface area is 140 Å². The topological polar surface area (TPSA) is 58.1 Å². The summed E-state index contributed by atoms with van der Waals surface area (Å²) in [4.78, 5) is 22.6. The predicted molar refractivity (Wildman–Crippen MR) is 90.8 cm³/mol. The van der Waals surface area contributed by atoms with Crippen molar-refractivity contribution in [2.24, 2.45) is 5.92 Å². The second-order valence-corrected chi connectivity index (χ2v) is 6.09. The number of rotatable bonds is 4. The van der Waals surface area contributed by atoms with Crippen LogP contribution in [0.4, 0.5) is 5.82 Å². The molecule has 1 amide bonds. The first kappa shape index (κ1) is 15.7. The molecule has 0 unspecified atom stereocenters. The molecule has 0 spiro atoms. The molecule has 3 rings (SSSR count). The summed E-state index contributed by atoms with van der Waals surface area (Å²) >= 11 is 5.89. The second kappa shape index (κ2) is 7.42. The van der Waals surface area contributed by atoms with Gasteiger partial charge in [0.15, 0.2) is 0 Å². The van der Waals surface area contributed by atoms with E-state index >= 15 is 0 Å². The Kier molecular flexibility index (Phi) is 5.08. The van der Waals surface area contributed by atoms with Crippen molar-refractivity contribution in [2.75, 3.05) is 24.5 Å². The van der Waals surface area contributed by atoms with Crippen molar-refractivity contribution in [2.45, 2.75) is 12.8 Å². The Morgan fingerprint density at radius 3 is 2.65 bits per heavy atom. The molecule has 1 aliphatic heterocycles. The minimum absolute atomic E-state index is 0.00580. The monoisotopic (exact) mass is 330 g/mol. The van der Waals surface area contributed by atoms with Crippen LogP contribution in [0.15, 0.2) is 42.7 Å². The van der Waals surface area contributed by atoms with E-state index in [1.807, 2.05) is 30.3 Å². The van der Waals surface area contributed by atoms with Crippen molar-refractivity contribution in [3.63, 3.8) is 0 Å². The minimum atomic E-state index is -0.00580. The number of hydrogen-bond donors (Lipinski definition) is 1. The highest BCUT2D eigenvalue weighted by Crippen LogP contribution is 2.21. The number of carbonyl (C=O) groups is 1. The van der Waals surface area contributed by atoms with E-state index < -0.39 is 0 Å². The smallest absolute Gasteiger partial charge is 0.251 e. The Morgan fingerprint density at radius 1 is 1.22 bits per heavy atom. The van der Waals surface area contributed by atoms with Crippen LogP contribution in [-0.2, 0) is 0 Å². The maximum Gasteiger partial charge on any atom is 0.251 e. The minimum Gasteiger partial charge on any atom is -0.355 e. The number of carbonyl (C=O) groups excluding carboxylic acids is 1. The molecule has 0 radical (unpaired) electrons. The van der Waals surface area contributed by atoms with Gasteiger partial charge in [-0.3, -0.25) is 9.78 Å². The maximum atomic E-state index is 12.1. The molecule has 6 heteroatoms. The highest BCUT2D eigenvalue weighted by molar-refractivity contribution is 6.29. The first-order valence-corrected chi connectivity index (χ1v) is 8.16. The molecular formula is C17H19ClN4O. The van der Waals surface area contributed by atoms with E-state index in [9.17, 15) is 4.79 Å². The van der Waals surface area contributed by atoms with E-state index in [0.29, 0.717) is 23.2 Å². The molecule has 1 N–H and O–H groups in total. The van der Waals surface area contributed by atoms with E-state index in [0.717, 1.165) is 31.7 Å². The zero-order chi connectivity index (χ0) is 16.1. The zero-order valence-corrected chi connectivity index (χ0v) is 13.5. The van der Waals surface area contributed by atoms with Gasteiger partial charge in [-0.25, -0.2) is 4.98 Å². The fraction of sp³-hybridized carbons (Fsp3) is 0.353. The molecule has 1 aromatic heterocycles. The van der Waals surface area contributed by atoms with Gasteiger partial charge in [-0.15, -0.1) is 0 Å². The molecule has 2 aromatic rings. The summed E-state index contributed by atoms with van der Waals surface area (Å²) in [6.07, 6.45) is 5.31. The van der Waals surface area contributed by atoms with E-state index in [2.05, 4.69) is 20.2 Å². The van der Waals surface area contributed by atoms with Crippen LogP contribution in [0.2, 0.25) is 5.15 Å². The van der Waals surface area contributed by atoms with Crippen LogP contribution in [-0.4, -0.2) is 35.5 Å². The number of hydrogen-bond acceptors (Lipinski definition) is 4. The van der Waals surface area contributed by atoms with Crippen molar-refractivity contribution < 1.29 is 4.79 Å². The third kappa shape index (κ3) is 4.20. The van der Waals surface area contributed by atoms with Crippen LogP contribution >= 0.6 is 11.6 Å². The second-order valence-electron chi connectivity index (χ2n) is 5.71. The van der Waals surface area contributed by atoms with Gasteiger partial charge >= 0.3 is 0 Å². The summed E-state index contributed by atoms with van der Waals surface area (Å²) in [5.41, 5.74) is 0.708. The number of nitrogens with zero attached hydrogens (tertiary/aromatic N) is 3. The summed E-state index contributed by atoms with van der Waals surface area (Å²) < 4.78 is 0. The average Bonchev–Trinajstić information content (AvgIpc) is 2.61. The van der Waals surface area contributed by atoms with Crippen LogP contribution in [0.3, 0.4) is 0 Å². The molecule has 1 fully saturated rings. The molecule has 1 aromatic carbocycles. The van der Waals surface area contributed by atoms with E-state index in [-0.39, 0.29) is 5.91 Å². The first-order valence-electron chi connectivity index (χ1n) is 7.78. The van der Waals surface area contributed by atoms with Crippen LogP contribution in [0.25, 0.3) is 0 Å². The van der Waals surface area contributed by atoms with Gasteiger partial charge in [0.25, 0.3) is 5.91 Å². The highest BCUT2D eigenvalue weighted by atomic mass is 35.5. The Balaban J connectivity index is 1.47. The number of halogens is 1. The highest BCUT2D eigenvalue weighted by Gasteiger charge is 2.21. The lowest BCUT2D eigenvalue weighted by Crippen LogP contribution is -2.39. The standard InChI is InChI=1S/C17H19ClN4O/c18-15-11-19-12-16(21-15)22-8-6-13(7-9-22)10-20-17(23)14-4-2-1-3-5-14/h1-5,11-13H,6-10H2,(H,20,23). The summed E-state index contributed by atoms with van der Waals surface area (Å²) in [6.45, 7) is 2.52. The molecule has 0 aliphatic carbocycles. The fourth-order valence-corrected chi connectivity index (χ4v) is 2.92. The molecule has 0 bridgehead atoms. The number of amides is 1. The van der Waals surface area contributed by atoms with Crippen molar-refractivity contribution in [3.05, 3.63) is 53.4 Å². The summed E-state index contributed by atoms with van der Waals surface area (Å²) in [5, 5.41) is 3.44. The average molecular weight is 331 g/mol. The van der Waals surface area contributed by atoms with Crippen LogP contribution < -0.4 is 10.2 Å². The lowest BCUT2D eigenvalue weighted by Gasteiger charge is -2.32. The largest absolute Gasteiger partial charge is 0.355 e. The number of piperidine rings is 1. The zero-order valence-electron chi connectivity index (χ0n) is 12.8. The van der Waals surface area contributed by atoms with Crippen molar-refractivity contribution in [3.8, 4) is 0 Å². The molecule has 0 atom stereocenters. The third-order valence-corrected chi connectivity index (χ3v) is 4.30. The first-order chi connectivity index (χ1) is 11.2. The van der Waals surface area contributed by atoms with Gasteiger partial charge in [0.1, 0.15) is 11.0 Å². The van der Waals surface area contributed by atoms with E-state index in [1.165, 1.54) is 6.20 Å². The molecule has 23 heavy (non-hydrogen) atoms. The number of anilines is 1. The van der Waals surface area contributed by atoms with E-state index in [1.54, 1.807) is 6.20 Å². The lowest BCUT2D eigenvalue weighted by molar-refractivity contribution is 0.0945. The molecule has 1 saturated heterocycles. The molecule has 2 heterocycles. The third-order valence-electron chi connectivity index (χ3n) is 4.12. The Morgan fingerprint density at radius 2 is 1.96 bits per heavy atom. The molecular weight excluding hydrogens is 312 g/mol. The fourth-order valence-electron chi connectivity index (χ4n) is 2.78. The Hall–Kier alpha value is -2.14. The number of aromatic nitrogens is 2. The SMILES string of the molecule is O=C(NCC1CCN(c2cncc(Cl)n2)CC1)c1ccccc1. The van der Waals surface area contributed by atoms with Gasteiger partial charge in [-0.1, -0.05) is 29.8 Å². The van der Waals surface area contributed by atoms with Gasteiger partial charge in [0.2, 0.25) is 0 Å². The van der Waals surface area contributed by atoms with Gasteiger partial charge in [-0.05, 0) is 30.9 Å². The van der Waals surface area contributed by atoms with Crippen molar-refractivity contribution >= 4 is 23.3 Å². The van der Waals surface area contributed by atoms with Gasteiger partial charge < -0.3 is 10.2 Å². The maximum absolute atomic E-state index is 12.1. The van der Waals surface area contributed by atoms with Gasteiger partial charge in [0.05, 0.1) is 12.4 Å². The van der Waals surface area contributed by atoms with Crippen LogP contribution in [0.5, 0.6) is 0 Å². The Bertz CT molecular complexity index is 657. The number of benzene rings is 1. The molecule has 0 saturated carbocycles. The summed E-state index contributed by atoms with van der Waals surface area (Å²) in [5.74, 6) is 1.31. The van der Waals surface area contributed by atoms with E-state index in [4.69, 9.17) is 11.6 Å². The number of nitrogens with one attached hydrogen (secondary N) is 1.